The van der Waals surface area contributed by atoms with Gasteiger partial charge in [0.15, 0.2) is 0 Å². The molecule has 124 valence electrons. The molecule has 0 fully saturated rings. The highest BCUT2D eigenvalue weighted by molar-refractivity contribution is 9.10. The molecule has 1 N–H and O–H groups in total. The third kappa shape index (κ3) is 4.37. The fourth-order valence-electron chi connectivity index (χ4n) is 1.86. The van der Waals surface area contributed by atoms with Gasteiger partial charge in [0.1, 0.15) is 18.1 Å². The molecule has 0 saturated heterocycles. The van der Waals surface area contributed by atoms with Gasteiger partial charge in [0.25, 0.3) is 0 Å². The van der Waals surface area contributed by atoms with Crippen LogP contribution in [0.5, 0.6) is 11.5 Å². The fourth-order valence-corrected chi connectivity index (χ4v) is 3.02. The molecule has 0 radical (unpaired) electrons. The van der Waals surface area contributed by atoms with Crippen LogP contribution in [0.2, 0.25) is 0 Å². The zero-order valence-electron chi connectivity index (χ0n) is 12.6. The molecule has 0 aliphatic rings. The number of halogens is 1. The first-order valence-electron chi connectivity index (χ1n) is 6.58. The van der Waals surface area contributed by atoms with E-state index < -0.39 is 10.3 Å². The summed E-state index contributed by atoms with van der Waals surface area (Å²) in [5.41, 5.74) is 1.21. The summed E-state index contributed by atoms with van der Waals surface area (Å²) >= 11 is 3.31. The SMILES string of the molecule is COc1ccc(COc2cccc(N(C)S(=O)(=O)O)c2Br)cc1. The van der Waals surface area contributed by atoms with Crippen LogP contribution in [0, 0.1) is 0 Å². The van der Waals surface area contributed by atoms with E-state index >= 15 is 0 Å². The van der Waals surface area contributed by atoms with Crippen LogP contribution >= 0.6 is 15.9 Å². The predicted molar refractivity (Wildman–Crippen MR) is 91.4 cm³/mol. The standard InChI is InChI=1S/C15H16BrNO5S/c1-17(23(18,19)20)13-4-3-5-14(15(13)16)22-10-11-6-8-12(21-2)9-7-11/h3-9H,10H2,1-2H3,(H,18,19,20). The highest BCUT2D eigenvalue weighted by Crippen LogP contribution is 2.35. The molecule has 6 nitrogen and oxygen atoms in total. The Bertz CT molecular complexity index is 777. The highest BCUT2D eigenvalue weighted by atomic mass is 79.9. The van der Waals surface area contributed by atoms with Crippen LogP contribution in [0.25, 0.3) is 0 Å². The normalized spacial score (nSPS) is 11.1. The van der Waals surface area contributed by atoms with Crippen LogP contribution in [0.1, 0.15) is 5.56 Å². The van der Waals surface area contributed by atoms with Gasteiger partial charge < -0.3 is 9.47 Å². The Hall–Kier alpha value is -1.77. The number of benzene rings is 2. The van der Waals surface area contributed by atoms with Crippen LogP contribution in [0.15, 0.2) is 46.9 Å². The van der Waals surface area contributed by atoms with E-state index in [1.54, 1.807) is 25.3 Å². The van der Waals surface area contributed by atoms with Gasteiger partial charge in [0.2, 0.25) is 0 Å². The smallest absolute Gasteiger partial charge is 0.359 e. The molecule has 0 heterocycles. The Morgan fingerprint density at radius 3 is 2.39 bits per heavy atom. The van der Waals surface area contributed by atoms with Crippen molar-refractivity contribution in [3.8, 4) is 11.5 Å². The average Bonchev–Trinajstić information content (AvgIpc) is 2.53. The Labute approximate surface area is 143 Å². The molecule has 2 aromatic carbocycles. The Kier molecular flexibility index (Phi) is 5.51. The lowest BCUT2D eigenvalue weighted by Crippen LogP contribution is -2.25. The van der Waals surface area contributed by atoms with Gasteiger partial charge in [0.05, 0.1) is 17.3 Å². The number of rotatable bonds is 6. The van der Waals surface area contributed by atoms with E-state index in [1.807, 2.05) is 24.3 Å². The van der Waals surface area contributed by atoms with Gasteiger partial charge in [-0.2, -0.15) is 8.42 Å². The molecule has 2 aromatic rings. The lowest BCUT2D eigenvalue weighted by molar-refractivity contribution is 0.304. The molecule has 0 amide bonds. The molecule has 2 rings (SSSR count). The van der Waals surface area contributed by atoms with Crippen molar-refractivity contribution in [1.82, 2.24) is 0 Å². The van der Waals surface area contributed by atoms with Gasteiger partial charge in [-0.25, -0.2) is 4.31 Å². The van der Waals surface area contributed by atoms with E-state index in [2.05, 4.69) is 15.9 Å². The van der Waals surface area contributed by atoms with E-state index in [0.29, 0.717) is 16.8 Å². The van der Waals surface area contributed by atoms with Crippen LogP contribution in [-0.2, 0) is 16.9 Å². The summed E-state index contributed by atoms with van der Waals surface area (Å²) in [4.78, 5) is 0. The second-order valence-corrected chi connectivity index (χ2v) is 6.91. The predicted octanol–water partition coefficient (Wildman–Crippen LogP) is 3.28. The summed E-state index contributed by atoms with van der Waals surface area (Å²) in [7, 11) is -1.49. The zero-order valence-corrected chi connectivity index (χ0v) is 15.0. The fraction of sp³-hybridized carbons (Fsp3) is 0.200. The molecule has 0 atom stereocenters. The van der Waals surface area contributed by atoms with Crippen LogP contribution in [-0.4, -0.2) is 27.1 Å². The van der Waals surface area contributed by atoms with E-state index in [-0.39, 0.29) is 5.69 Å². The number of methoxy groups -OCH3 is 1. The monoisotopic (exact) mass is 401 g/mol. The minimum Gasteiger partial charge on any atom is -0.497 e. The lowest BCUT2D eigenvalue weighted by atomic mass is 10.2. The van der Waals surface area contributed by atoms with E-state index in [4.69, 9.17) is 14.0 Å². The topological polar surface area (TPSA) is 76.1 Å². The second-order valence-electron chi connectivity index (χ2n) is 4.67. The molecule has 8 heteroatoms. The molecular weight excluding hydrogens is 386 g/mol. The molecule has 0 bridgehead atoms. The van der Waals surface area contributed by atoms with Crippen LogP contribution in [0.4, 0.5) is 5.69 Å². The van der Waals surface area contributed by atoms with Crippen LogP contribution in [0.3, 0.4) is 0 Å². The van der Waals surface area contributed by atoms with Crippen molar-refractivity contribution in [1.29, 1.82) is 0 Å². The zero-order chi connectivity index (χ0) is 17.0. The van der Waals surface area contributed by atoms with Crippen molar-refractivity contribution in [2.24, 2.45) is 0 Å². The third-order valence-electron chi connectivity index (χ3n) is 3.18. The molecule has 0 spiro atoms. The van der Waals surface area contributed by atoms with E-state index in [0.717, 1.165) is 15.6 Å². The molecule has 23 heavy (non-hydrogen) atoms. The molecular formula is C15H16BrNO5S. The highest BCUT2D eigenvalue weighted by Gasteiger charge is 2.19. The first kappa shape index (κ1) is 17.6. The van der Waals surface area contributed by atoms with Gasteiger partial charge in [-0.1, -0.05) is 18.2 Å². The quantitative estimate of drug-likeness (QED) is 0.751. The first-order valence-corrected chi connectivity index (χ1v) is 8.77. The third-order valence-corrected chi connectivity index (χ3v) is 4.87. The van der Waals surface area contributed by atoms with Crippen molar-refractivity contribution in [3.05, 3.63) is 52.5 Å². The van der Waals surface area contributed by atoms with Crippen LogP contribution < -0.4 is 13.8 Å². The number of nitrogens with zero attached hydrogens (tertiary/aromatic N) is 1. The number of hydrogen-bond donors (Lipinski definition) is 1. The first-order chi connectivity index (χ1) is 10.8. The molecule has 0 aromatic heterocycles. The second kappa shape index (κ2) is 7.20. The van der Waals surface area contributed by atoms with Gasteiger partial charge in [-0.3, -0.25) is 4.55 Å². The summed E-state index contributed by atoms with van der Waals surface area (Å²) in [6.07, 6.45) is 0. The maximum absolute atomic E-state index is 11.2. The van der Waals surface area contributed by atoms with Gasteiger partial charge in [-0.15, -0.1) is 0 Å². The Morgan fingerprint density at radius 1 is 1.17 bits per heavy atom. The summed E-state index contributed by atoms with van der Waals surface area (Å²) in [5.74, 6) is 1.22. The molecule has 0 unspecified atom stereocenters. The number of anilines is 1. The minimum atomic E-state index is -4.34. The Balaban J connectivity index is 2.17. The molecule has 0 aliphatic carbocycles. The van der Waals surface area contributed by atoms with Gasteiger partial charge in [0, 0.05) is 7.05 Å². The van der Waals surface area contributed by atoms with Crippen molar-refractivity contribution in [2.75, 3.05) is 18.5 Å². The summed E-state index contributed by atoms with van der Waals surface area (Å²) in [6, 6.07) is 12.3. The minimum absolute atomic E-state index is 0.278. The van der Waals surface area contributed by atoms with E-state index in [9.17, 15) is 8.42 Å². The number of hydrogen-bond acceptors (Lipinski definition) is 4. The maximum atomic E-state index is 11.2. The van der Waals surface area contributed by atoms with Crippen molar-refractivity contribution in [3.63, 3.8) is 0 Å². The summed E-state index contributed by atoms with van der Waals surface area (Å²) in [5, 5.41) is 0. The van der Waals surface area contributed by atoms with Crippen molar-refractivity contribution in [2.45, 2.75) is 6.61 Å². The van der Waals surface area contributed by atoms with Gasteiger partial charge >= 0.3 is 10.3 Å². The number of ether oxygens (including phenoxy) is 2. The Morgan fingerprint density at radius 2 is 1.83 bits per heavy atom. The molecule has 0 saturated carbocycles. The summed E-state index contributed by atoms with van der Waals surface area (Å²) in [6.45, 7) is 0.307. The molecule has 0 aliphatic heterocycles. The summed E-state index contributed by atoms with van der Waals surface area (Å²) < 4.78 is 43.6. The largest absolute Gasteiger partial charge is 0.497 e. The van der Waals surface area contributed by atoms with Crippen molar-refractivity contribution >= 4 is 31.9 Å². The lowest BCUT2D eigenvalue weighted by Gasteiger charge is -2.18. The average molecular weight is 402 g/mol. The van der Waals surface area contributed by atoms with Gasteiger partial charge in [-0.05, 0) is 45.8 Å². The maximum Gasteiger partial charge on any atom is 0.359 e. The van der Waals surface area contributed by atoms with E-state index in [1.165, 1.54) is 7.05 Å². The van der Waals surface area contributed by atoms with Crippen molar-refractivity contribution < 1.29 is 22.4 Å².